The number of fused-ring (bicyclic) bond motifs is 1. The van der Waals surface area contributed by atoms with Crippen LogP contribution in [0.15, 0.2) is 53.7 Å². The molecule has 0 amide bonds. The van der Waals surface area contributed by atoms with Gasteiger partial charge in [0, 0.05) is 63.0 Å². The SMILES string of the molecule is CCS(=O)(=O)N1CC(CN)(n2cc(-c3nc(NC4=CN(C5CNC5)C=C=C4)nc4ccsc34)cn2)C1. The first kappa shape index (κ1) is 23.3. The Hall–Kier alpha value is -3.06. The smallest absolute Gasteiger partial charge is 0.228 e. The zero-order valence-electron chi connectivity index (χ0n) is 19.8. The fraction of sp³-hybridized carbons (Fsp3) is 0.391. The average Bonchev–Trinajstić information content (AvgIpc) is 3.47. The number of nitrogens with one attached hydrogen (secondary N) is 2. The van der Waals surface area contributed by atoms with E-state index < -0.39 is 15.6 Å². The highest BCUT2D eigenvalue weighted by atomic mass is 32.2. The van der Waals surface area contributed by atoms with Crippen molar-refractivity contribution in [2.45, 2.75) is 18.5 Å². The quantitative estimate of drug-likeness (QED) is 0.369. The van der Waals surface area contributed by atoms with Crippen molar-refractivity contribution >= 4 is 37.5 Å². The highest BCUT2D eigenvalue weighted by Gasteiger charge is 2.48. The van der Waals surface area contributed by atoms with E-state index in [-0.39, 0.29) is 12.3 Å². The van der Waals surface area contributed by atoms with Gasteiger partial charge < -0.3 is 21.3 Å². The number of rotatable bonds is 8. The van der Waals surface area contributed by atoms with Gasteiger partial charge in [0.15, 0.2) is 0 Å². The maximum absolute atomic E-state index is 12.3. The Morgan fingerprint density at radius 3 is 2.89 bits per heavy atom. The van der Waals surface area contributed by atoms with E-state index in [4.69, 9.17) is 15.7 Å². The van der Waals surface area contributed by atoms with Gasteiger partial charge in [-0.15, -0.1) is 17.1 Å². The van der Waals surface area contributed by atoms with Crippen LogP contribution in [0.4, 0.5) is 5.95 Å². The Labute approximate surface area is 213 Å². The summed E-state index contributed by atoms with van der Waals surface area (Å²) in [7, 11) is -3.26. The number of nitrogens with zero attached hydrogens (tertiary/aromatic N) is 6. The second-order valence-corrected chi connectivity index (χ2v) is 12.4. The van der Waals surface area contributed by atoms with Gasteiger partial charge in [-0.3, -0.25) is 4.68 Å². The molecular weight excluding hydrogens is 498 g/mol. The van der Waals surface area contributed by atoms with E-state index in [0.29, 0.717) is 25.1 Å². The van der Waals surface area contributed by atoms with Gasteiger partial charge >= 0.3 is 0 Å². The summed E-state index contributed by atoms with van der Waals surface area (Å²) >= 11 is 1.57. The van der Waals surface area contributed by atoms with E-state index in [1.54, 1.807) is 29.1 Å². The summed E-state index contributed by atoms with van der Waals surface area (Å²) in [5.74, 6) is 0.556. The molecule has 6 rings (SSSR count). The van der Waals surface area contributed by atoms with Crippen LogP contribution in [0.5, 0.6) is 0 Å². The molecule has 0 aromatic carbocycles. The monoisotopic (exact) mass is 525 g/mol. The number of allylic oxidation sites excluding steroid dienone is 1. The number of anilines is 1. The molecule has 3 aromatic rings. The molecule has 2 fully saturated rings. The lowest BCUT2D eigenvalue weighted by atomic mass is 9.93. The lowest BCUT2D eigenvalue weighted by Gasteiger charge is -2.48. The molecule has 188 valence electrons. The van der Waals surface area contributed by atoms with E-state index in [1.807, 2.05) is 36.1 Å². The predicted molar refractivity (Wildman–Crippen MR) is 140 cm³/mol. The van der Waals surface area contributed by atoms with E-state index in [9.17, 15) is 8.42 Å². The first-order chi connectivity index (χ1) is 17.4. The van der Waals surface area contributed by atoms with Crippen molar-refractivity contribution in [2.24, 2.45) is 5.73 Å². The normalized spacial score (nSPS) is 19.8. The largest absolute Gasteiger partial charge is 0.340 e. The number of nitrogens with two attached hydrogens (primary N) is 1. The third-order valence-corrected chi connectivity index (χ3v) is 9.60. The average molecular weight is 526 g/mol. The first-order valence-electron chi connectivity index (χ1n) is 11.8. The van der Waals surface area contributed by atoms with Gasteiger partial charge in [-0.2, -0.15) is 9.40 Å². The van der Waals surface area contributed by atoms with Gasteiger partial charge in [0.25, 0.3) is 0 Å². The molecule has 0 aliphatic carbocycles. The standard InChI is InChI=1S/C23H27N9O2S2/c1-2-36(33,34)31-14-23(13-24,15-31)32-11-16(8-26-32)20-21-19(5-7-35-21)28-22(29-20)27-17-4-3-6-30(12-17)18-9-25-10-18/h4-8,11-12,18,25H,2,9-10,13-15,24H2,1H3,(H,27,28,29). The summed E-state index contributed by atoms with van der Waals surface area (Å²) in [6, 6.07) is 2.40. The van der Waals surface area contributed by atoms with Crippen molar-refractivity contribution < 1.29 is 8.42 Å². The molecule has 3 aromatic heterocycles. The lowest BCUT2D eigenvalue weighted by Crippen LogP contribution is -2.67. The predicted octanol–water partition coefficient (Wildman–Crippen LogP) is 1.08. The van der Waals surface area contributed by atoms with E-state index in [0.717, 1.165) is 40.3 Å². The summed E-state index contributed by atoms with van der Waals surface area (Å²) in [5.41, 5.74) is 12.0. The van der Waals surface area contributed by atoms with Crippen LogP contribution in [0.2, 0.25) is 0 Å². The molecule has 0 atom stereocenters. The van der Waals surface area contributed by atoms with Crippen LogP contribution in [-0.4, -0.2) is 81.9 Å². The Morgan fingerprint density at radius 1 is 1.33 bits per heavy atom. The Morgan fingerprint density at radius 2 is 2.17 bits per heavy atom. The lowest BCUT2D eigenvalue weighted by molar-refractivity contribution is 0.0759. The Balaban J connectivity index is 1.29. The minimum atomic E-state index is -3.26. The summed E-state index contributed by atoms with van der Waals surface area (Å²) in [4.78, 5) is 11.7. The van der Waals surface area contributed by atoms with Crippen molar-refractivity contribution in [3.63, 3.8) is 0 Å². The number of hydrogen-bond donors (Lipinski definition) is 3. The Kier molecular flexibility index (Phi) is 5.71. The maximum atomic E-state index is 12.3. The van der Waals surface area contributed by atoms with Crippen LogP contribution >= 0.6 is 11.3 Å². The van der Waals surface area contributed by atoms with Crippen molar-refractivity contribution in [2.75, 3.05) is 43.8 Å². The summed E-state index contributed by atoms with van der Waals surface area (Å²) in [6.45, 7) is 4.45. The van der Waals surface area contributed by atoms with E-state index in [2.05, 4.69) is 26.4 Å². The van der Waals surface area contributed by atoms with Crippen molar-refractivity contribution in [3.05, 3.63) is 53.7 Å². The molecule has 0 saturated carbocycles. The zero-order chi connectivity index (χ0) is 24.9. The topological polar surface area (TPSA) is 134 Å². The molecule has 0 bridgehead atoms. The summed E-state index contributed by atoms with van der Waals surface area (Å²) < 4.78 is 28.7. The van der Waals surface area contributed by atoms with Gasteiger partial charge in [0.05, 0.1) is 39.6 Å². The molecule has 2 saturated heterocycles. The number of thiophene rings is 1. The van der Waals surface area contributed by atoms with Gasteiger partial charge in [-0.1, -0.05) is 0 Å². The van der Waals surface area contributed by atoms with Crippen molar-refractivity contribution in [3.8, 4) is 11.3 Å². The van der Waals surface area contributed by atoms with Crippen LogP contribution in [0.1, 0.15) is 6.92 Å². The fourth-order valence-corrected chi connectivity index (χ4v) is 6.60. The minimum Gasteiger partial charge on any atom is -0.340 e. The van der Waals surface area contributed by atoms with Gasteiger partial charge in [0.2, 0.25) is 16.0 Å². The van der Waals surface area contributed by atoms with Crippen LogP contribution in [0.3, 0.4) is 0 Å². The zero-order valence-corrected chi connectivity index (χ0v) is 21.4. The first-order valence-corrected chi connectivity index (χ1v) is 14.3. The second-order valence-electron chi connectivity index (χ2n) is 9.21. The molecule has 0 unspecified atom stereocenters. The fourth-order valence-electron chi connectivity index (χ4n) is 4.52. The Bertz CT molecular complexity index is 1510. The highest BCUT2D eigenvalue weighted by molar-refractivity contribution is 7.89. The number of aromatic nitrogens is 4. The summed E-state index contributed by atoms with van der Waals surface area (Å²) in [6.07, 6.45) is 9.52. The maximum Gasteiger partial charge on any atom is 0.228 e. The molecule has 11 nitrogen and oxygen atoms in total. The van der Waals surface area contributed by atoms with E-state index in [1.165, 1.54) is 4.31 Å². The molecular formula is C23H27N9O2S2. The third kappa shape index (κ3) is 3.94. The molecule has 4 N–H and O–H groups in total. The number of hydrogen-bond acceptors (Lipinski definition) is 10. The molecule has 3 aliphatic heterocycles. The summed E-state index contributed by atoms with van der Waals surface area (Å²) in [5, 5.41) is 13.2. The van der Waals surface area contributed by atoms with Crippen molar-refractivity contribution in [1.82, 2.24) is 34.3 Å². The molecule has 0 radical (unpaired) electrons. The minimum absolute atomic E-state index is 0.0712. The molecule has 3 aliphatic rings. The third-order valence-electron chi connectivity index (χ3n) is 6.91. The molecule has 6 heterocycles. The molecule has 36 heavy (non-hydrogen) atoms. The van der Waals surface area contributed by atoms with Crippen molar-refractivity contribution in [1.29, 1.82) is 0 Å². The van der Waals surface area contributed by atoms with Crippen LogP contribution < -0.4 is 16.4 Å². The molecule has 13 heteroatoms. The second kappa shape index (κ2) is 8.80. The van der Waals surface area contributed by atoms with Gasteiger partial charge in [0.1, 0.15) is 5.54 Å². The van der Waals surface area contributed by atoms with Crippen LogP contribution in [-0.2, 0) is 15.6 Å². The van der Waals surface area contributed by atoms with Crippen LogP contribution in [0, 0.1) is 0 Å². The highest BCUT2D eigenvalue weighted by Crippen LogP contribution is 2.35. The van der Waals surface area contributed by atoms with Gasteiger partial charge in [-0.25, -0.2) is 18.4 Å². The number of sulfonamides is 1. The molecule has 0 spiro atoms. The van der Waals surface area contributed by atoms with E-state index >= 15 is 0 Å². The van der Waals surface area contributed by atoms with Gasteiger partial charge in [-0.05, 0) is 18.4 Å². The van der Waals surface area contributed by atoms with Crippen LogP contribution in [0.25, 0.3) is 21.5 Å².